The van der Waals surface area contributed by atoms with E-state index >= 15 is 0 Å². The van der Waals surface area contributed by atoms with Crippen LogP contribution in [0.1, 0.15) is 20.3 Å². The highest BCUT2D eigenvalue weighted by atomic mass is 16.7. The van der Waals surface area contributed by atoms with Gasteiger partial charge in [-0.25, -0.2) is 0 Å². The zero-order valence-electron chi connectivity index (χ0n) is 7.68. The zero-order valence-corrected chi connectivity index (χ0v) is 7.68. The molecule has 0 aliphatic carbocycles. The number of rotatable bonds is 4. The summed E-state index contributed by atoms with van der Waals surface area (Å²) < 4.78 is 9.96. The molecule has 0 aromatic carbocycles. The highest BCUT2D eigenvalue weighted by Crippen LogP contribution is 1.98. The van der Waals surface area contributed by atoms with E-state index in [4.69, 9.17) is 9.47 Å². The van der Waals surface area contributed by atoms with E-state index in [-0.39, 0.29) is 6.29 Å². The van der Waals surface area contributed by atoms with Crippen molar-refractivity contribution in [1.82, 2.24) is 0 Å². The Morgan fingerprint density at radius 2 is 1.91 bits per heavy atom. The van der Waals surface area contributed by atoms with Crippen LogP contribution in [0.5, 0.6) is 0 Å². The van der Waals surface area contributed by atoms with Gasteiger partial charge in [0.1, 0.15) is 0 Å². The average Bonchev–Trinajstić information content (AvgIpc) is 1.98. The summed E-state index contributed by atoms with van der Waals surface area (Å²) in [5.74, 6) is 0. The van der Waals surface area contributed by atoms with E-state index in [1.54, 1.807) is 14.2 Å². The van der Waals surface area contributed by atoms with Crippen molar-refractivity contribution < 1.29 is 9.47 Å². The van der Waals surface area contributed by atoms with Gasteiger partial charge in [0.15, 0.2) is 6.29 Å². The molecule has 0 saturated carbocycles. The second kappa shape index (κ2) is 6.17. The second-order valence-electron chi connectivity index (χ2n) is 2.49. The first-order valence-electron chi connectivity index (χ1n) is 3.64. The molecule has 0 amide bonds. The van der Waals surface area contributed by atoms with Crippen LogP contribution in [0.3, 0.4) is 0 Å². The first-order chi connectivity index (χ1) is 5.20. The van der Waals surface area contributed by atoms with E-state index in [0.29, 0.717) is 0 Å². The molecule has 0 radical (unpaired) electrons. The van der Waals surface area contributed by atoms with Crippen LogP contribution in [0.4, 0.5) is 0 Å². The molecule has 0 aromatic rings. The molecule has 0 unspecified atom stereocenters. The summed E-state index contributed by atoms with van der Waals surface area (Å²) in [6.45, 7) is 4.01. The maximum atomic E-state index is 4.98. The number of ether oxygens (including phenoxy) is 2. The Morgan fingerprint density at radius 1 is 1.36 bits per heavy atom. The Morgan fingerprint density at radius 3 is 2.27 bits per heavy atom. The van der Waals surface area contributed by atoms with Crippen LogP contribution in [0.25, 0.3) is 0 Å². The standard InChI is InChI=1S/C9H16O2/c1-8(2)6-5-7-9(10-3)11-4/h5,9H,7H2,1-4H3. The van der Waals surface area contributed by atoms with Gasteiger partial charge in [-0.05, 0) is 25.5 Å². The topological polar surface area (TPSA) is 18.5 Å². The van der Waals surface area contributed by atoms with Gasteiger partial charge in [-0.3, -0.25) is 0 Å². The molecule has 0 aliphatic rings. The van der Waals surface area contributed by atoms with Gasteiger partial charge in [0.25, 0.3) is 0 Å². The van der Waals surface area contributed by atoms with Gasteiger partial charge in [-0.15, -0.1) is 5.73 Å². The lowest BCUT2D eigenvalue weighted by molar-refractivity contribution is -0.0985. The Balaban J connectivity index is 3.76. The van der Waals surface area contributed by atoms with E-state index in [0.717, 1.165) is 12.0 Å². The minimum Gasteiger partial charge on any atom is -0.356 e. The molecule has 0 heterocycles. The van der Waals surface area contributed by atoms with Gasteiger partial charge >= 0.3 is 0 Å². The molecule has 64 valence electrons. The van der Waals surface area contributed by atoms with E-state index in [1.807, 2.05) is 19.9 Å². The Hall–Kier alpha value is -0.560. The molecule has 0 atom stereocenters. The molecular formula is C9H16O2. The summed E-state index contributed by atoms with van der Waals surface area (Å²) in [6.07, 6.45) is 2.53. The molecule has 0 aromatic heterocycles. The molecule has 0 N–H and O–H groups in total. The van der Waals surface area contributed by atoms with Gasteiger partial charge in [0, 0.05) is 20.6 Å². The van der Waals surface area contributed by atoms with Crippen LogP contribution in [-0.4, -0.2) is 20.5 Å². The van der Waals surface area contributed by atoms with Gasteiger partial charge in [-0.2, -0.15) is 0 Å². The van der Waals surface area contributed by atoms with Gasteiger partial charge < -0.3 is 9.47 Å². The minimum atomic E-state index is -0.137. The number of hydrogen-bond donors (Lipinski definition) is 0. The first kappa shape index (κ1) is 10.4. The fourth-order valence-electron chi connectivity index (χ4n) is 0.648. The van der Waals surface area contributed by atoms with Gasteiger partial charge in [-0.1, -0.05) is 0 Å². The van der Waals surface area contributed by atoms with Crippen LogP contribution < -0.4 is 0 Å². The highest BCUT2D eigenvalue weighted by Gasteiger charge is 1.99. The van der Waals surface area contributed by atoms with E-state index < -0.39 is 0 Å². The van der Waals surface area contributed by atoms with Crippen LogP contribution in [0.2, 0.25) is 0 Å². The van der Waals surface area contributed by atoms with Gasteiger partial charge in [0.05, 0.1) is 0 Å². The number of methoxy groups -OCH3 is 2. The second-order valence-corrected chi connectivity index (χ2v) is 2.49. The Labute approximate surface area is 68.5 Å². The predicted molar refractivity (Wildman–Crippen MR) is 45.4 cm³/mol. The quantitative estimate of drug-likeness (QED) is 0.458. The van der Waals surface area contributed by atoms with E-state index in [1.165, 1.54) is 0 Å². The lowest BCUT2D eigenvalue weighted by Gasteiger charge is -2.08. The van der Waals surface area contributed by atoms with Crippen molar-refractivity contribution in [2.45, 2.75) is 26.6 Å². The van der Waals surface area contributed by atoms with Crippen molar-refractivity contribution in [2.24, 2.45) is 0 Å². The van der Waals surface area contributed by atoms with Crippen molar-refractivity contribution in [3.8, 4) is 0 Å². The average molecular weight is 156 g/mol. The lowest BCUT2D eigenvalue weighted by atomic mass is 10.3. The molecule has 11 heavy (non-hydrogen) atoms. The third-order valence-corrected chi connectivity index (χ3v) is 1.23. The monoisotopic (exact) mass is 156 g/mol. The normalized spacial score (nSPS) is 9.55. The molecule has 0 spiro atoms. The lowest BCUT2D eigenvalue weighted by Crippen LogP contribution is -2.10. The van der Waals surface area contributed by atoms with Crippen LogP contribution >= 0.6 is 0 Å². The third-order valence-electron chi connectivity index (χ3n) is 1.23. The molecular weight excluding hydrogens is 140 g/mol. The summed E-state index contributed by atoms with van der Waals surface area (Å²) in [5.41, 5.74) is 4.24. The van der Waals surface area contributed by atoms with E-state index in [9.17, 15) is 0 Å². The van der Waals surface area contributed by atoms with Crippen LogP contribution in [0.15, 0.2) is 17.4 Å². The Bertz CT molecular complexity index is 147. The van der Waals surface area contributed by atoms with Crippen molar-refractivity contribution in [3.05, 3.63) is 17.4 Å². The molecule has 0 rings (SSSR count). The van der Waals surface area contributed by atoms with E-state index in [2.05, 4.69) is 5.73 Å². The molecule has 0 saturated heterocycles. The maximum absolute atomic E-state index is 4.98. The summed E-state index contributed by atoms with van der Waals surface area (Å²) in [6, 6.07) is 0. The maximum Gasteiger partial charge on any atom is 0.160 e. The highest BCUT2D eigenvalue weighted by molar-refractivity contribution is 4.93. The van der Waals surface area contributed by atoms with Crippen molar-refractivity contribution >= 4 is 0 Å². The third kappa shape index (κ3) is 5.86. The summed E-state index contributed by atoms with van der Waals surface area (Å²) in [5, 5.41) is 0. The molecule has 2 nitrogen and oxygen atoms in total. The zero-order chi connectivity index (χ0) is 8.69. The minimum absolute atomic E-state index is 0.137. The van der Waals surface area contributed by atoms with Crippen LogP contribution in [-0.2, 0) is 9.47 Å². The summed E-state index contributed by atoms with van der Waals surface area (Å²) in [7, 11) is 3.26. The fraction of sp³-hybridized carbons (Fsp3) is 0.667. The van der Waals surface area contributed by atoms with Crippen molar-refractivity contribution in [1.29, 1.82) is 0 Å². The first-order valence-corrected chi connectivity index (χ1v) is 3.64. The molecule has 0 fully saturated rings. The largest absolute Gasteiger partial charge is 0.356 e. The summed E-state index contributed by atoms with van der Waals surface area (Å²) in [4.78, 5) is 0. The number of hydrogen-bond acceptors (Lipinski definition) is 2. The van der Waals surface area contributed by atoms with Gasteiger partial charge in [0.2, 0.25) is 0 Å². The summed E-state index contributed by atoms with van der Waals surface area (Å²) >= 11 is 0. The smallest absolute Gasteiger partial charge is 0.160 e. The van der Waals surface area contributed by atoms with Crippen LogP contribution in [0, 0.1) is 0 Å². The molecule has 0 bridgehead atoms. The fourth-order valence-corrected chi connectivity index (χ4v) is 0.648. The Kier molecular flexibility index (Phi) is 5.86. The predicted octanol–water partition coefficient (Wildman–Crippen LogP) is 2.12. The molecule has 0 aliphatic heterocycles. The van der Waals surface area contributed by atoms with Crippen molar-refractivity contribution in [2.75, 3.05) is 14.2 Å². The van der Waals surface area contributed by atoms with Crippen molar-refractivity contribution in [3.63, 3.8) is 0 Å². The molecule has 2 heteroatoms. The SMILES string of the molecule is COC(CC=C=C(C)C)OC.